The Morgan fingerprint density at radius 2 is 2.12 bits per heavy atom. The molecule has 92 valence electrons. The molecule has 0 unspecified atom stereocenters. The van der Waals surface area contributed by atoms with Gasteiger partial charge in [0.2, 0.25) is 0 Å². The number of hydrogen-bond donors (Lipinski definition) is 1. The Kier molecular flexibility index (Phi) is 4.15. The van der Waals surface area contributed by atoms with Gasteiger partial charge in [-0.3, -0.25) is 4.79 Å². The molecule has 0 heterocycles. The molecule has 1 aliphatic rings. The molecule has 1 aromatic rings. The summed E-state index contributed by atoms with van der Waals surface area (Å²) in [5, 5.41) is 2.87. The van der Waals surface area contributed by atoms with Crippen LogP contribution in [0, 0.1) is 11.7 Å². The van der Waals surface area contributed by atoms with Gasteiger partial charge in [0, 0.05) is 11.0 Å². The maximum Gasteiger partial charge on any atom is 0.252 e. The van der Waals surface area contributed by atoms with Gasteiger partial charge in [-0.05, 0) is 52.9 Å². The second-order valence-corrected chi connectivity index (χ2v) is 5.34. The number of carbonyl (C=O) groups excluding carboxylic acids is 1. The molecule has 0 aromatic heterocycles. The summed E-state index contributed by atoms with van der Waals surface area (Å²) in [6.45, 7) is 0.696. The molecule has 4 heteroatoms. The van der Waals surface area contributed by atoms with Crippen LogP contribution in [-0.2, 0) is 0 Å². The van der Waals surface area contributed by atoms with Crippen LogP contribution in [0.3, 0.4) is 0 Å². The number of benzene rings is 1. The van der Waals surface area contributed by atoms with Crippen LogP contribution >= 0.6 is 15.9 Å². The van der Waals surface area contributed by atoms with Gasteiger partial charge in [0.15, 0.2) is 0 Å². The smallest absolute Gasteiger partial charge is 0.252 e. The van der Waals surface area contributed by atoms with Crippen LogP contribution < -0.4 is 5.32 Å². The molecule has 1 aromatic carbocycles. The van der Waals surface area contributed by atoms with E-state index in [0.717, 1.165) is 0 Å². The van der Waals surface area contributed by atoms with Crippen molar-refractivity contribution in [1.29, 1.82) is 0 Å². The van der Waals surface area contributed by atoms with Gasteiger partial charge in [0.25, 0.3) is 5.91 Å². The molecular weight excluding hydrogens is 285 g/mol. The van der Waals surface area contributed by atoms with Crippen molar-refractivity contribution < 1.29 is 9.18 Å². The summed E-state index contributed by atoms with van der Waals surface area (Å²) in [5.74, 6) is -0.00576. The highest BCUT2D eigenvalue weighted by Gasteiger charge is 2.17. The highest BCUT2D eigenvalue weighted by molar-refractivity contribution is 9.10. The third-order valence-corrected chi connectivity index (χ3v) is 3.89. The van der Waals surface area contributed by atoms with Gasteiger partial charge in [0.1, 0.15) is 5.82 Å². The van der Waals surface area contributed by atoms with Crippen LogP contribution in [0.5, 0.6) is 0 Å². The molecule has 0 atom stereocenters. The molecule has 1 amide bonds. The molecule has 0 aliphatic heterocycles. The van der Waals surface area contributed by atoms with E-state index < -0.39 is 0 Å². The van der Waals surface area contributed by atoms with Gasteiger partial charge in [-0.1, -0.05) is 12.8 Å². The molecule has 1 fully saturated rings. The summed E-state index contributed by atoms with van der Waals surface area (Å²) in [5.41, 5.74) is 0.364. The van der Waals surface area contributed by atoms with Crippen molar-refractivity contribution in [2.75, 3.05) is 6.54 Å². The van der Waals surface area contributed by atoms with Crippen LogP contribution in [0.25, 0.3) is 0 Å². The van der Waals surface area contributed by atoms with E-state index in [1.54, 1.807) is 6.07 Å². The maximum absolute atomic E-state index is 13.0. The van der Waals surface area contributed by atoms with E-state index in [4.69, 9.17) is 0 Å². The van der Waals surface area contributed by atoms with Gasteiger partial charge in [-0.2, -0.15) is 0 Å². The number of nitrogens with one attached hydrogen (secondary N) is 1. The standard InChI is InChI=1S/C13H15BrFNO/c14-12-6-5-10(15)7-11(12)13(17)16-8-9-3-1-2-4-9/h5-7,9H,1-4,8H2,(H,16,17). The zero-order valence-corrected chi connectivity index (χ0v) is 11.1. The minimum Gasteiger partial charge on any atom is -0.352 e. The largest absolute Gasteiger partial charge is 0.352 e. The third kappa shape index (κ3) is 3.28. The van der Waals surface area contributed by atoms with Crippen molar-refractivity contribution in [3.63, 3.8) is 0 Å². The highest BCUT2D eigenvalue weighted by atomic mass is 79.9. The fourth-order valence-corrected chi connectivity index (χ4v) is 2.64. The molecule has 0 saturated heterocycles. The Morgan fingerprint density at radius 3 is 2.82 bits per heavy atom. The van der Waals surface area contributed by atoms with Crippen molar-refractivity contribution in [2.24, 2.45) is 5.92 Å². The Morgan fingerprint density at radius 1 is 1.41 bits per heavy atom. The van der Waals surface area contributed by atoms with Crippen LogP contribution in [-0.4, -0.2) is 12.5 Å². The summed E-state index contributed by atoms with van der Waals surface area (Å²) >= 11 is 3.26. The summed E-state index contributed by atoms with van der Waals surface area (Å²) < 4.78 is 13.7. The maximum atomic E-state index is 13.0. The van der Waals surface area contributed by atoms with E-state index in [0.29, 0.717) is 22.5 Å². The lowest BCUT2D eigenvalue weighted by Crippen LogP contribution is -2.28. The molecule has 1 saturated carbocycles. The van der Waals surface area contributed by atoms with E-state index in [9.17, 15) is 9.18 Å². The quantitative estimate of drug-likeness (QED) is 0.909. The van der Waals surface area contributed by atoms with Crippen LogP contribution in [0.2, 0.25) is 0 Å². The minimum absolute atomic E-state index is 0.205. The molecule has 1 aliphatic carbocycles. The van der Waals surface area contributed by atoms with E-state index in [1.165, 1.54) is 37.8 Å². The second kappa shape index (κ2) is 5.63. The van der Waals surface area contributed by atoms with E-state index in [-0.39, 0.29) is 11.7 Å². The van der Waals surface area contributed by atoms with Crippen LogP contribution in [0.4, 0.5) is 4.39 Å². The fourth-order valence-electron chi connectivity index (χ4n) is 2.22. The van der Waals surface area contributed by atoms with Crippen molar-refractivity contribution in [3.05, 3.63) is 34.1 Å². The Balaban J connectivity index is 1.96. The Bertz CT molecular complexity index is 416. The molecule has 1 N–H and O–H groups in total. The van der Waals surface area contributed by atoms with Gasteiger partial charge < -0.3 is 5.32 Å². The van der Waals surface area contributed by atoms with Crippen molar-refractivity contribution in [1.82, 2.24) is 5.32 Å². The molecule has 0 spiro atoms. The average molecular weight is 300 g/mol. The fraction of sp³-hybridized carbons (Fsp3) is 0.462. The van der Waals surface area contributed by atoms with Crippen molar-refractivity contribution >= 4 is 21.8 Å². The predicted molar refractivity (Wildman–Crippen MR) is 68.4 cm³/mol. The number of rotatable bonds is 3. The zero-order valence-electron chi connectivity index (χ0n) is 9.51. The number of hydrogen-bond acceptors (Lipinski definition) is 1. The van der Waals surface area contributed by atoms with E-state index in [2.05, 4.69) is 21.2 Å². The molecule has 2 nitrogen and oxygen atoms in total. The highest BCUT2D eigenvalue weighted by Crippen LogP contribution is 2.24. The first-order valence-electron chi connectivity index (χ1n) is 5.90. The first-order chi connectivity index (χ1) is 8.16. The lowest BCUT2D eigenvalue weighted by molar-refractivity contribution is 0.0946. The van der Waals surface area contributed by atoms with Crippen molar-refractivity contribution in [3.8, 4) is 0 Å². The average Bonchev–Trinajstić information content (AvgIpc) is 2.82. The first kappa shape index (κ1) is 12.6. The van der Waals surface area contributed by atoms with Crippen LogP contribution in [0.15, 0.2) is 22.7 Å². The number of halogens is 2. The predicted octanol–water partition coefficient (Wildman–Crippen LogP) is 3.51. The molecule has 0 bridgehead atoms. The minimum atomic E-state index is -0.390. The topological polar surface area (TPSA) is 29.1 Å². The molecule has 0 radical (unpaired) electrons. The zero-order chi connectivity index (χ0) is 12.3. The van der Waals surface area contributed by atoms with Gasteiger partial charge in [-0.25, -0.2) is 4.39 Å². The normalized spacial score (nSPS) is 16.1. The monoisotopic (exact) mass is 299 g/mol. The summed E-state index contributed by atoms with van der Waals surface area (Å²) in [6, 6.07) is 4.14. The summed E-state index contributed by atoms with van der Waals surface area (Å²) in [6.07, 6.45) is 4.88. The number of amides is 1. The Hall–Kier alpha value is -0.900. The van der Waals surface area contributed by atoms with Gasteiger partial charge >= 0.3 is 0 Å². The van der Waals surface area contributed by atoms with Gasteiger partial charge in [-0.15, -0.1) is 0 Å². The molecule has 2 rings (SSSR count). The lowest BCUT2D eigenvalue weighted by Gasteiger charge is -2.11. The SMILES string of the molecule is O=C(NCC1CCCC1)c1cc(F)ccc1Br. The molecular formula is C13H15BrFNO. The lowest BCUT2D eigenvalue weighted by atomic mass is 10.1. The number of carbonyl (C=O) groups is 1. The summed E-state index contributed by atoms with van der Waals surface area (Å²) in [7, 11) is 0. The van der Waals surface area contributed by atoms with Crippen LogP contribution in [0.1, 0.15) is 36.0 Å². The van der Waals surface area contributed by atoms with E-state index >= 15 is 0 Å². The van der Waals surface area contributed by atoms with Gasteiger partial charge in [0.05, 0.1) is 5.56 Å². The van der Waals surface area contributed by atoms with E-state index in [1.807, 2.05) is 0 Å². The van der Waals surface area contributed by atoms with Crippen molar-refractivity contribution in [2.45, 2.75) is 25.7 Å². The third-order valence-electron chi connectivity index (χ3n) is 3.20. The second-order valence-electron chi connectivity index (χ2n) is 4.48. The molecule has 17 heavy (non-hydrogen) atoms. The Labute approximate surface area is 109 Å². The first-order valence-corrected chi connectivity index (χ1v) is 6.69. The summed E-state index contributed by atoms with van der Waals surface area (Å²) in [4.78, 5) is 11.9.